The largest absolute Gasteiger partial charge is 0.780 e. The Balaban J connectivity index is 0.00000370. The fourth-order valence-electron chi connectivity index (χ4n) is 4.55. The molecule has 40 heavy (non-hydrogen) atoms. The molecule has 2 aliphatic heterocycles. The molecule has 0 bridgehead atoms. The van der Waals surface area contributed by atoms with E-state index in [1.165, 1.54) is 26.0 Å². The maximum absolute atomic E-state index is 13.1. The number of aliphatic hydroxyl groups excluding tert-OH is 2. The van der Waals surface area contributed by atoms with Crippen molar-refractivity contribution in [2.24, 2.45) is 0 Å². The lowest BCUT2D eigenvalue weighted by Crippen LogP contribution is -2.40. The Labute approximate surface area is 230 Å². The summed E-state index contributed by atoms with van der Waals surface area (Å²) in [6.07, 6.45) is -3.03. The number of nitrogen functional groups attached to an aromatic ring is 1. The van der Waals surface area contributed by atoms with Gasteiger partial charge in [-0.3, -0.25) is 18.9 Å². The fourth-order valence-corrected chi connectivity index (χ4v) is 5.97. The first-order valence-corrected chi connectivity index (χ1v) is 14.2. The van der Waals surface area contributed by atoms with Crippen LogP contribution in [0, 0.1) is 0 Å². The number of aliphatic hydroxyl groups is 2. The van der Waals surface area contributed by atoms with Gasteiger partial charge in [-0.25, -0.2) is 19.7 Å². The summed E-state index contributed by atoms with van der Waals surface area (Å²) in [5.41, 5.74) is 5.21. The SMILES string of the molecule is CO[C@@H]1[C@H](OP([O-])(=[35S])OC[C@H]2O[C@@H](n3cnc4c(N)ncnc43)C[C@@H]2O)[C@@H](CO)O[C@H]1n1ccc(=O)[nH]c1=O.[NH4+]. The lowest BCUT2D eigenvalue weighted by atomic mass is 10.1. The Bertz CT molecular complexity index is 1500. The average Bonchev–Trinajstić information content (AvgIpc) is 3.58. The summed E-state index contributed by atoms with van der Waals surface area (Å²) in [6.45, 7) is -5.24. The third-order valence-electron chi connectivity index (χ3n) is 6.41. The van der Waals surface area contributed by atoms with E-state index < -0.39 is 67.6 Å². The highest BCUT2D eigenvalue weighted by Crippen LogP contribution is 2.46. The molecule has 20 heteroatoms. The second-order valence-corrected chi connectivity index (χ2v) is 11.5. The summed E-state index contributed by atoms with van der Waals surface area (Å²) >= 11 is 5.06. The minimum absolute atomic E-state index is 0. The molecule has 0 amide bonds. The molecule has 3 aromatic rings. The predicted molar refractivity (Wildman–Crippen MR) is 138 cm³/mol. The topological polar surface area (TPSA) is 271 Å². The molecule has 2 saturated heterocycles. The van der Waals surface area contributed by atoms with Gasteiger partial charge in [0, 0.05) is 25.8 Å². The molecule has 0 aliphatic carbocycles. The number of anilines is 1. The molecule has 0 radical (unpaired) electrons. The van der Waals surface area contributed by atoms with Crippen LogP contribution >= 0.6 is 6.72 Å². The van der Waals surface area contributed by atoms with Crippen LogP contribution < -0.4 is 28.0 Å². The van der Waals surface area contributed by atoms with Crippen molar-refractivity contribution in [1.82, 2.24) is 35.2 Å². The molecule has 5 heterocycles. The summed E-state index contributed by atoms with van der Waals surface area (Å²) < 4.78 is 30.5. The highest BCUT2D eigenvalue weighted by atomic mass is 35.1. The third-order valence-corrected chi connectivity index (χ3v) is 7.95. The van der Waals surface area contributed by atoms with Gasteiger partial charge in [0.05, 0.1) is 25.6 Å². The number of methoxy groups -OCH3 is 1. The number of ether oxygens (including phenoxy) is 3. The standard InChI is InChI=1S/C20H26N7O10PS.H3N/c1-33-16-15(10(5-28)36-19(16)26-3-2-12(30)25-20(26)31)37-38(32,39)34-6-11-9(29)4-13(35-11)27-8-24-14-17(21)22-7-23-18(14)27;/h2-3,7-11,13,15-16,19,28-29H,4-6H2,1H3,(H,32,39)(H2,21,22,23)(H,25,30,31);1H3/t9-,10+,11+,13+,15+,16+,19+,38?;/m0./s1/i39+3;. The van der Waals surface area contributed by atoms with Gasteiger partial charge in [-0.1, -0.05) is 11.8 Å². The molecule has 2 fully saturated rings. The van der Waals surface area contributed by atoms with E-state index >= 15 is 0 Å². The van der Waals surface area contributed by atoms with E-state index in [2.05, 4.69) is 19.9 Å². The number of nitrogens with two attached hydrogens (primary N) is 1. The number of aromatic amines is 1. The van der Waals surface area contributed by atoms with Gasteiger partial charge in [-0.05, 0) is 0 Å². The minimum atomic E-state index is -4.27. The Hall–Kier alpha value is -2.68. The molecule has 8 atom stereocenters. The number of fused-ring (bicyclic) bond motifs is 1. The molecule has 0 spiro atoms. The summed E-state index contributed by atoms with van der Waals surface area (Å²) in [6, 6.07) is 1.11. The number of nitrogens with one attached hydrogen (secondary N) is 1. The zero-order valence-corrected chi connectivity index (χ0v) is 23.0. The maximum atomic E-state index is 13.1. The van der Waals surface area contributed by atoms with Crippen molar-refractivity contribution < 1.29 is 38.4 Å². The molecule has 3 aromatic heterocycles. The van der Waals surface area contributed by atoms with Crippen molar-refractivity contribution >= 4 is 35.5 Å². The Kier molecular flexibility index (Phi) is 9.12. The molecule has 220 valence electrons. The van der Waals surface area contributed by atoms with Crippen molar-refractivity contribution in [3.8, 4) is 0 Å². The number of hydrogen-bond acceptors (Lipinski definition) is 15. The Morgan fingerprint density at radius 3 is 2.73 bits per heavy atom. The van der Waals surface area contributed by atoms with Gasteiger partial charge in [-0.15, -0.1) is 0 Å². The van der Waals surface area contributed by atoms with Gasteiger partial charge < -0.3 is 50.2 Å². The predicted octanol–water partition coefficient (Wildman–Crippen LogP) is -2.13. The molecule has 2 aliphatic rings. The van der Waals surface area contributed by atoms with Crippen LogP contribution in [0.3, 0.4) is 0 Å². The quantitative estimate of drug-likeness (QED) is 0.163. The van der Waals surface area contributed by atoms with E-state index in [1.807, 2.05) is 0 Å². The van der Waals surface area contributed by atoms with Gasteiger partial charge in [0.2, 0.25) is 0 Å². The van der Waals surface area contributed by atoms with Crippen LogP contribution in [0.25, 0.3) is 11.2 Å². The molecule has 5 rings (SSSR count). The van der Waals surface area contributed by atoms with Crippen molar-refractivity contribution in [3.63, 3.8) is 0 Å². The van der Waals surface area contributed by atoms with E-state index in [9.17, 15) is 24.7 Å². The number of H-pyrrole nitrogens is 1. The van der Waals surface area contributed by atoms with Gasteiger partial charge in [0.1, 0.15) is 49.2 Å². The van der Waals surface area contributed by atoms with Crippen LogP contribution in [0.1, 0.15) is 18.9 Å². The average molecular weight is 607 g/mol. The summed E-state index contributed by atoms with van der Waals surface area (Å²) in [4.78, 5) is 51.1. The van der Waals surface area contributed by atoms with Crippen LogP contribution in [0.15, 0.2) is 34.5 Å². The highest BCUT2D eigenvalue weighted by Gasteiger charge is 2.48. The monoisotopic (exact) mass is 607 g/mol. The van der Waals surface area contributed by atoms with Gasteiger partial charge in [-0.2, -0.15) is 0 Å². The number of quaternary nitrogens is 1. The van der Waals surface area contributed by atoms with Crippen molar-refractivity contribution in [3.05, 3.63) is 45.8 Å². The molecular formula is C20H29N8O10PS. The Morgan fingerprint density at radius 1 is 1.25 bits per heavy atom. The third kappa shape index (κ3) is 5.85. The van der Waals surface area contributed by atoms with E-state index in [0.717, 1.165) is 10.6 Å². The number of hydrogen-bond donors (Lipinski definition) is 5. The first kappa shape index (κ1) is 30.3. The normalized spacial score (nSPS) is 29.9. The molecule has 0 aromatic carbocycles. The second-order valence-electron chi connectivity index (χ2n) is 8.79. The molecular weight excluding hydrogens is 578 g/mol. The fraction of sp³-hybridized carbons (Fsp3) is 0.550. The smallest absolute Gasteiger partial charge is 0.330 e. The molecule has 9 N–H and O–H groups in total. The van der Waals surface area contributed by atoms with Gasteiger partial charge in [0.15, 0.2) is 17.7 Å². The zero-order chi connectivity index (χ0) is 27.9. The van der Waals surface area contributed by atoms with E-state index in [1.54, 1.807) is 4.57 Å². The number of aromatic nitrogens is 6. The van der Waals surface area contributed by atoms with Crippen LogP contribution in [0.4, 0.5) is 5.82 Å². The number of rotatable bonds is 9. The summed E-state index contributed by atoms with van der Waals surface area (Å²) in [7, 11) is 1.30. The van der Waals surface area contributed by atoms with E-state index in [4.69, 9.17) is 40.8 Å². The lowest BCUT2D eigenvalue weighted by molar-refractivity contribution is -0.218. The minimum Gasteiger partial charge on any atom is -0.780 e. The van der Waals surface area contributed by atoms with Crippen LogP contribution in [-0.2, 0) is 35.1 Å². The number of imidazole rings is 1. The first-order chi connectivity index (χ1) is 18.6. The zero-order valence-electron chi connectivity index (χ0n) is 21.3. The van der Waals surface area contributed by atoms with Crippen molar-refractivity contribution in [2.45, 2.75) is 49.4 Å². The van der Waals surface area contributed by atoms with Crippen molar-refractivity contribution in [1.29, 1.82) is 0 Å². The number of nitrogens with zero attached hydrogens (tertiary/aromatic N) is 5. The van der Waals surface area contributed by atoms with E-state index in [-0.39, 0.29) is 25.0 Å². The van der Waals surface area contributed by atoms with Crippen LogP contribution in [0.2, 0.25) is 0 Å². The van der Waals surface area contributed by atoms with Gasteiger partial charge >= 0.3 is 5.69 Å². The van der Waals surface area contributed by atoms with Gasteiger partial charge in [0.25, 0.3) is 5.56 Å². The summed E-state index contributed by atoms with van der Waals surface area (Å²) in [5, 5.41) is 20.4. The van der Waals surface area contributed by atoms with Crippen LogP contribution in [0.5, 0.6) is 0 Å². The maximum Gasteiger partial charge on any atom is 0.330 e. The first-order valence-electron chi connectivity index (χ1n) is 11.6. The highest BCUT2D eigenvalue weighted by molar-refractivity contribution is 8.06. The molecule has 18 nitrogen and oxygen atoms in total. The summed E-state index contributed by atoms with van der Waals surface area (Å²) in [5.74, 6) is 0.195. The van der Waals surface area contributed by atoms with E-state index in [0.29, 0.717) is 11.2 Å². The van der Waals surface area contributed by atoms with Crippen LogP contribution in [-0.4, -0.2) is 90.1 Å². The lowest BCUT2D eigenvalue weighted by Gasteiger charge is -2.34. The van der Waals surface area contributed by atoms with Crippen molar-refractivity contribution in [2.75, 3.05) is 26.1 Å². The molecule has 1 unspecified atom stereocenters. The second kappa shape index (κ2) is 12.0. The Morgan fingerprint density at radius 2 is 2.02 bits per heavy atom. The molecule has 0 saturated carbocycles.